The van der Waals surface area contributed by atoms with E-state index in [-0.39, 0.29) is 12.4 Å². The highest BCUT2D eigenvalue weighted by Gasteiger charge is 2.13. The number of nitrogens with zero attached hydrogens (tertiary/aromatic N) is 1. The van der Waals surface area contributed by atoms with Crippen molar-refractivity contribution < 1.29 is 9.53 Å². The van der Waals surface area contributed by atoms with Gasteiger partial charge in [-0.1, -0.05) is 17.7 Å². The van der Waals surface area contributed by atoms with Crippen molar-refractivity contribution in [1.29, 1.82) is 0 Å². The van der Waals surface area contributed by atoms with E-state index in [1.54, 1.807) is 0 Å². The monoisotopic (exact) mass is 251 g/mol. The molecule has 0 aliphatic heterocycles. The zero-order valence-corrected chi connectivity index (χ0v) is 10.8. The Hall–Kier alpha value is -1.48. The molecule has 0 saturated carbocycles. The number of rotatable bonds is 2. The number of methoxy groups -OCH3 is 1. The number of hydrogen-bond acceptors (Lipinski definition) is 2. The number of fused-ring (bicyclic) bond motifs is 1. The van der Waals surface area contributed by atoms with Crippen molar-refractivity contribution in [3.8, 4) is 0 Å². The molecule has 0 bridgehead atoms. The minimum absolute atomic E-state index is 0.231. The van der Waals surface area contributed by atoms with E-state index in [1.807, 2.05) is 36.9 Å². The number of aryl methyl sites for hydroxylation is 2. The Morgan fingerprint density at radius 3 is 2.82 bits per heavy atom. The third kappa shape index (κ3) is 2.03. The van der Waals surface area contributed by atoms with Crippen LogP contribution in [0.1, 0.15) is 11.1 Å². The summed E-state index contributed by atoms with van der Waals surface area (Å²) in [5.41, 5.74) is 3.06. The quantitative estimate of drug-likeness (QED) is 0.769. The normalized spacial score (nSPS) is 10.8. The Morgan fingerprint density at radius 1 is 1.47 bits per heavy atom. The van der Waals surface area contributed by atoms with Crippen molar-refractivity contribution in [3.63, 3.8) is 0 Å². The molecule has 3 nitrogen and oxygen atoms in total. The molecule has 0 aliphatic carbocycles. The smallest absolute Gasteiger partial charge is 0.310 e. The van der Waals surface area contributed by atoms with Gasteiger partial charge < -0.3 is 9.30 Å². The van der Waals surface area contributed by atoms with E-state index in [1.165, 1.54) is 7.11 Å². The first-order chi connectivity index (χ1) is 8.04. The summed E-state index contributed by atoms with van der Waals surface area (Å²) in [4.78, 5) is 11.3. The highest BCUT2D eigenvalue weighted by atomic mass is 35.5. The van der Waals surface area contributed by atoms with Gasteiger partial charge in [0.25, 0.3) is 0 Å². The fourth-order valence-electron chi connectivity index (χ4n) is 2.13. The first kappa shape index (κ1) is 12.0. The molecule has 0 unspecified atom stereocenters. The molecule has 0 saturated heterocycles. The van der Waals surface area contributed by atoms with Crippen molar-refractivity contribution in [2.45, 2.75) is 13.3 Å². The molecule has 0 aliphatic rings. The second kappa shape index (κ2) is 4.41. The second-order valence-corrected chi connectivity index (χ2v) is 4.49. The van der Waals surface area contributed by atoms with Crippen molar-refractivity contribution in [2.75, 3.05) is 7.11 Å². The maximum absolute atomic E-state index is 11.3. The summed E-state index contributed by atoms with van der Waals surface area (Å²) in [6, 6.07) is 3.81. The molecular weight excluding hydrogens is 238 g/mol. The summed E-state index contributed by atoms with van der Waals surface area (Å²) in [7, 11) is 3.35. The van der Waals surface area contributed by atoms with E-state index in [0.717, 1.165) is 27.1 Å². The van der Waals surface area contributed by atoms with Crippen molar-refractivity contribution >= 4 is 28.5 Å². The number of aromatic nitrogens is 1. The molecule has 1 heterocycles. The Balaban J connectivity index is 2.60. The Bertz CT molecular complexity index is 587. The average molecular weight is 252 g/mol. The number of ether oxygens (including phenoxy) is 1. The molecule has 2 aromatic rings. The molecule has 4 heteroatoms. The van der Waals surface area contributed by atoms with E-state index >= 15 is 0 Å². The summed E-state index contributed by atoms with van der Waals surface area (Å²) >= 11 is 6.10. The minimum Gasteiger partial charge on any atom is -0.469 e. The highest BCUT2D eigenvalue weighted by Crippen LogP contribution is 2.29. The number of carbonyl (C=O) groups excluding carboxylic acids is 1. The summed E-state index contributed by atoms with van der Waals surface area (Å²) in [6.07, 6.45) is 2.24. The number of carbonyl (C=O) groups is 1. The third-order valence-electron chi connectivity index (χ3n) is 2.98. The van der Waals surface area contributed by atoms with E-state index in [9.17, 15) is 4.79 Å². The van der Waals surface area contributed by atoms with Crippen LogP contribution in [0.5, 0.6) is 0 Å². The van der Waals surface area contributed by atoms with E-state index < -0.39 is 0 Å². The van der Waals surface area contributed by atoms with Gasteiger partial charge in [0.05, 0.1) is 19.0 Å². The molecule has 17 heavy (non-hydrogen) atoms. The van der Waals surface area contributed by atoms with Crippen LogP contribution in [0, 0.1) is 6.92 Å². The van der Waals surface area contributed by atoms with Gasteiger partial charge in [0.1, 0.15) is 0 Å². The van der Waals surface area contributed by atoms with Gasteiger partial charge in [-0.15, -0.1) is 0 Å². The van der Waals surface area contributed by atoms with Crippen LogP contribution in [0.4, 0.5) is 0 Å². The summed E-state index contributed by atoms with van der Waals surface area (Å²) in [6.45, 7) is 1.98. The van der Waals surface area contributed by atoms with Gasteiger partial charge in [0, 0.05) is 23.7 Å². The third-order valence-corrected chi connectivity index (χ3v) is 3.38. The van der Waals surface area contributed by atoms with Crippen LogP contribution in [0.15, 0.2) is 18.3 Å². The van der Waals surface area contributed by atoms with Gasteiger partial charge in [0.2, 0.25) is 0 Å². The number of esters is 1. The van der Waals surface area contributed by atoms with Crippen LogP contribution in [0.25, 0.3) is 10.9 Å². The Morgan fingerprint density at radius 2 is 2.18 bits per heavy atom. The van der Waals surface area contributed by atoms with Crippen molar-refractivity contribution in [2.24, 2.45) is 7.05 Å². The number of benzene rings is 1. The Kier molecular flexibility index (Phi) is 3.11. The van der Waals surface area contributed by atoms with E-state index in [0.29, 0.717) is 0 Å². The standard InChI is InChI=1S/C13H14ClNO2/c1-8-11(14)5-4-10-9(6-12(16)17-3)7-15(2)13(8)10/h4-5,7H,6H2,1-3H3. The van der Waals surface area contributed by atoms with Gasteiger partial charge in [-0.2, -0.15) is 0 Å². The summed E-state index contributed by atoms with van der Waals surface area (Å²) in [5.74, 6) is -0.231. The predicted octanol–water partition coefficient (Wildman–Crippen LogP) is 2.86. The molecule has 0 N–H and O–H groups in total. The van der Waals surface area contributed by atoms with Crippen molar-refractivity contribution in [1.82, 2.24) is 4.57 Å². The maximum atomic E-state index is 11.3. The molecule has 0 radical (unpaired) electrons. The van der Waals surface area contributed by atoms with Crippen LogP contribution < -0.4 is 0 Å². The molecule has 1 aromatic heterocycles. The predicted molar refractivity (Wildman–Crippen MR) is 68.4 cm³/mol. The Labute approximate surface area is 105 Å². The first-order valence-corrected chi connectivity index (χ1v) is 5.72. The lowest BCUT2D eigenvalue weighted by molar-refractivity contribution is -0.139. The molecular formula is C13H14ClNO2. The molecule has 2 rings (SSSR count). The number of hydrogen-bond donors (Lipinski definition) is 0. The fourth-order valence-corrected chi connectivity index (χ4v) is 2.28. The van der Waals surface area contributed by atoms with Crippen molar-refractivity contribution in [3.05, 3.63) is 34.5 Å². The van der Waals surface area contributed by atoms with Gasteiger partial charge in [-0.3, -0.25) is 4.79 Å². The molecule has 1 aromatic carbocycles. The minimum atomic E-state index is -0.231. The molecule has 90 valence electrons. The van der Waals surface area contributed by atoms with E-state index in [2.05, 4.69) is 0 Å². The molecule has 0 spiro atoms. The summed E-state index contributed by atoms with van der Waals surface area (Å²) in [5, 5.41) is 1.79. The fraction of sp³-hybridized carbons (Fsp3) is 0.308. The molecule has 0 fully saturated rings. The number of halogens is 1. The largest absolute Gasteiger partial charge is 0.469 e. The molecule has 0 amide bonds. The highest BCUT2D eigenvalue weighted by molar-refractivity contribution is 6.32. The lowest BCUT2D eigenvalue weighted by Crippen LogP contribution is -2.03. The second-order valence-electron chi connectivity index (χ2n) is 4.09. The van der Waals surface area contributed by atoms with Gasteiger partial charge >= 0.3 is 5.97 Å². The van der Waals surface area contributed by atoms with Gasteiger partial charge in [-0.25, -0.2) is 0 Å². The van der Waals surface area contributed by atoms with Gasteiger partial charge in [-0.05, 0) is 24.1 Å². The van der Waals surface area contributed by atoms with Crippen LogP contribution in [-0.4, -0.2) is 17.6 Å². The van der Waals surface area contributed by atoms with Gasteiger partial charge in [0.15, 0.2) is 0 Å². The topological polar surface area (TPSA) is 31.2 Å². The van der Waals surface area contributed by atoms with E-state index in [4.69, 9.17) is 16.3 Å². The van der Waals surface area contributed by atoms with Crippen LogP contribution in [0.2, 0.25) is 5.02 Å². The van der Waals surface area contributed by atoms with Crippen LogP contribution >= 0.6 is 11.6 Å². The van der Waals surface area contributed by atoms with Crippen LogP contribution in [0.3, 0.4) is 0 Å². The lowest BCUT2D eigenvalue weighted by Gasteiger charge is -2.03. The first-order valence-electron chi connectivity index (χ1n) is 5.34. The lowest BCUT2D eigenvalue weighted by atomic mass is 10.1. The SMILES string of the molecule is COC(=O)Cc1cn(C)c2c(C)c(Cl)ccc12. The zero-order chi connectivity index (χ0) is 12.6. The molecule has 0 atom stereocenters. The summed E-state index contributed by atoms with van der Waals surface area (Å²) < 4.78 is 6.69. The average Bonchev–Trinajstić information content (AvgIpc) is 2.61. The zero-order valence-electron chi connectivity index (χ0n) is 10.1. The maximum Gasteiger partial charge on any atom is 0.310 e. The van der Waals surface area contributed by atoms with Crippen LogP contribution in [-0.2, 0) is 23.0 Å².